The third kappa shape index (κ3) is 6.99. The number of aromatic nitrogens is 1. The zero-order chi connectivity index (χ0) is 17.5. The fourth-order valence-corrected chi connectivity index (χ4v) is 2.64. The van der Waals surface area contributed by atoms with Gasteiger partial charge in [-0.2, -0.15) is 0 Å². The van der Waals surface area contributed by atoms with Crippen LogP contribution in [0.5, 0.6) is 5.75 Å². The highest BCUT2D eigenvalue weighted by molar-refractivity contribution is 5.85. The quantitative estimate of drug-likeness (QED) is 0.761. The molecule has 8 heteroatoms. The van der Waals surface area contributed by atoms with Crippen LogP contribution in [0.3, 0.4) is 0 Å². The molecule has 3 rings (SSSR count). The van der Waals surface area contributed by atoms with Crippen molar-refractivity contribution in [3.8, 4) is 5.75 Å². The van der Waals surface area contributed by atoms with Crippen LogP contribution < -0.4 is 15.4 Å². The van der Waals surface area contributed by atoms with Gasteiger partial charge in [-0.1, -0.05) is 18.2 Å². The number of morpholine rings is 1. The van der Waals surface area contributed by atoms with Crippen LogP contribution in [-0.2, 0) is 16.1 Å². The molecule has 0 bridgehead atoms. The Balaban J connectivity index is 0.00000182. The number of hydrogen-bond acceptors (Lipinski definition) is 5. The zero-order valence-corrected chi connectivity index (χ0v) is 16.7. The van der Waals surface area contributed by atoms with E-state index in [0.29, 0.717) is 19.8 Å². The van der Waals surface area contributed by atoms with Gasteiger partial charge in [0.1, 0.15) is 18.5 Å². The van der Waals surface area contributed by atoms with E-state index in [9.17, 15) is 4.79 Å². The molecule has 2 heterocycles. The van der Waals surface area contributed by atoms with Crippen molar-refractivity contribution in [2.45, 2.75) is 25.7 Å². The van der Waals surface area contributed by atoms with Crippen LogP contribution in [0.1, 0.15) is 24.2 Å². The molecule has 1 aliphatic heterocycles. The molecule has 6 nitrogen and oxygen atoms in total. The molecule has 1 aromatic carbocycles. The minimum atomic E-state index is -0.431. The lowest BCUT2D eigenvalue weighted by atomic mass is 10.1. The van der Waals surface area contributed by atoms with Crippen molar-refractivity contribution in [2.24, 2.45) is 0 Å². The van der Waals surface area contributed by atoms with Gasteiger partial charge < -0.3 is 20.1 Å². The average molecular weight is 414 g/mol. The molecule has 0 aliphatic carbocycles. The third-order valence-corrected chi connectivity index (χ3v) is 4.05. The normalized spacial score (nSPS) is 17.0. The molecule has 0 radical (unpaired) electrons. The highest BCUT2D eigenvalue weighted by atomic mass is 35.5. The molecule has 1 amide bonds. The molecule has 27 heavy (non-hydrogen) atoms. The number of benzene rings is 1. The van der Waals surface area contributed by atoms with Crippen molar-refractivity contribution < 1.29 is 14.3 Å². The maximum atomic E-state index is 12.3. The highest BCUT2D eigenvalue weighted by Gasteiger charge is 2.23. The van der Waals surface area contributed by atoms with Crippen LogP contribution in [0.2, 0.25) is 0 Å². The number of carbonyl (C=O) groups excluding carboxylic acids is 1. The largest absolute Gasteiger partial charge is 0.487 e. The first-order valence-electron chi connectivity index (χ1n) is 8.48. The summed E-state index contributed by atoms with van der Waals surface area (Å²) in [4.78, 5) is 16.5. The van der Waals surface area contributed by atoms with E-state index >= 15 is 0 Å². The van der Waals surface area contributed by atoms with Gasteiger partial charge in [0.05, 0.1) is 18.3 Å². The fraction of sp³-hybridized carbons (Fsp3) is 0.368. The first kappa shape index (κ1) is 23.2. The minimum absolute atomic E-state index is 0. The number of nitrogens with one attached hydrogen (secondary N) is 2. The highest BCUT2D eigenvalue weighted by Crippen LogP contribution is 2.20. The third-order valence-electron chi connectivity index (χ3n) is 4.05. The molecule has 0 spiro atoms. The van der Waals surface area contributed by atoms with Crippen molar-refractivity contribution in [3.05, 3.63) is 59.9 Å². The Morgan fingerprint density at radius 1 is 1.33 bits per heavy atom. The molecule has 2 N–H and O–H groups in total. The molecule has 2 atom stereocenters. The predicted molar refractivity (Wildman–Crippen MR) is 109 cm³/mol. The summed E-state index contributed by atoms with van der Waals surface area (Å²) in [5.74, 6) is 0.652. The number of halogens is 2. The lowest BCUT2D eigenvalue weighted by molar-refractivity contribution is -0.134. The Hall–Kier alpha value is -1.86. The molecule has 2 unspecified atom stereocenters. The Morgan fingerprint density at radius 2 is 2.19 bits per heavy atom. The van der Waals surface area contributed by atoms with Crippen molar-refractivity contribution >= 4 is 30.7 Å². The molecule has 2 aromatic rings. The fourth-order valence-electron chi connectivity index (χ4n) is 2.64. The van der Waals surface area contributed by atoms with E-state index < -0.39 is 6.10 Å². The van der Waals surface area contributed by atoms with Gasteiger partial charge in [0, 0.05) is 19.3 Å². The van der Waals surface area contributed by atoms with Crippen molar-refractivity contribution in [1.29, 1.82) is 0 Å². The van der Waals surface area contributed by atoms with E-state index in [2.05, 4.69) is 15.6 Å². The second kappa shape index (κ2) is 11.8. The van der Waals surface area contributed by atoms with E-state index in [1.165, 1.54) is 0 Å². The molecule has 1 aliphatic rings. The molecule has 1 fully saturated rings. The molecule has 148 valence electrons. The van der Waals surface area contributed by atoms with Crippen molar-refractivity contribution in [3.63, 3.8) is 0 Å². The van der Waals surface area contributed by atoms with E-state index in [1.54, 1.807) is 6.20 Å². The summed E-state index contributed by atoms with van der Waals surface area (Å²) in [6, 6.07) is 13.3. The van der Waals surface area contributed by atoms with Gasteiger partial charge >= 0.3 is 0 Å². The van der Waals surface area contributed by atoms with Crippen LogP contribution in [0.4, 0.5) is 0 Å². The molecular formula is C19H25Cl2N3O3. The number of amides is 1. The predicted octanol–water partition coefficient (Wildman–Crippen LogP) is 2.67. The van der Waals surface area contributed by atoms with Crippen LogP contribution in [0, 0.1) is 0 Å². The number of nitrogens with zero attached hydrogens (tertiary/aromatic N) is 1. The number of carbonyl (C=O) groups is 1. The van der Waals surface area contributed by atoms with E-state index in [-0.39, 0.29) is 36.8 Å². The molecular weight excluding hydrogens is 389 g/mol. The minimum Gasteiger partial charge on any atom is -0.487 e. The maximum Gasteiger partial charge on any atom is 0.250 e. The van der Waals surface area contributed by atoms with E-state index in [1.807, 2.05) is 49.4 Å². The smallest absolute Gasteiger partial charge is 0.250 e. The summed E-state index contributed by atoms with van der Waals surface area (Å²) >= 11 is 0. The van der Waals surface area contributed by atoms with Crippen LogP contribution in [0.25, 0.3) is 0 Å². The second-order valence-electron chi connectivity index (χ2n) is 5.98. The van der Waals surface area contributed by atoms with E-state index in [4.69, 9.17) is 9.47 Å². The van der Waals surface area contributed by atoms with E-state index in [0.717, 1.165) is 23.6 Å². The summed E-state index contributed by atoms with van der Waals surface area (Å²) in [5.41, 5.74) is 1.85. The van der Waals surface area contributed by atoms with Gasteiger partial charge in [0.2, 0.25) is 0 Å². The lowest BCUT2D eigenvalue weighted by Gasteiger charge is -2.24. The van der Waals surface area contributed by atoms with Gasteiger partial charge in [0.25, 0.3) is 5.91 Å². The second-order valence-corrected chi connectivity index (χ2v) is 5.98. The standard InChI is InChI=1S/C19H23N3O3.2ClH/c1-14(22-19(23)18-12-20-9-10-24-18)15-5-4-7-17(11-15)25-13-16-6-2-3-8-21-16;;/h2-8,11,14,18,20H,9-10,12-13H2,1H3,(H,22,23);2*1H. The Labute approximate surface area is 171 Å². The molecule has 0 saturated carbocycles. The summed E-state index contributed by atoms with van der Waals surface area (Å²) in [5, 5.41) is 6.15. The Morgan fingerprint density at radius 3 is 2.89 bits per heavy atom. The van der Waals surface area contributed by atoms with Crippen molar-refractivity contribution in [1.82, 2.24) is 15.6 Å². The first-order chi connectivity index (χ1) is 12.2. The van der Waals surface area contributed by atoms with Crippen molar-refractivity contribution in [2.75, 3.05) is 19.7 Å². The number of rotatable bonds is 6. The number of ether oxygens (including phenoxy) is 2. The number of pyridine rings is 1. The lowest BCUT2D eigenvalue weighted by Crippen LogP contribution is -2.48. The van der Waals surface area contributed by atoms with Gasteiger partial charge in [0.15, 0.2) is 0 Å². The summed E-state index contributed by atoms with van der Waals surface area (Å²) in [7, 11) is 0. The summed E-state index contributed by atoms with van der Waals surface area (Å²) < 4.78 is 11.3. The molecule has 1 saturated heterocycles. The SMILES string of the molecule is CC(NC(=O)C1CNCCO1)c1cccc(OCc2ccccn2)c1.Cl.Cl. The van der Waals surface area contributed by atoms with Crippen LogP contribution in [-0.4, -0.2) is 36.7 Å². The van der Waals surface area contributed by atoms with Gasteiger partial charge in [-0.05, 0) is 36.8 Å². The average Bonchev–Trinajstić information content (AvgIpc) is 2.68. The van der Waals surface area contributed by atoms with Gasteiger partial charge in [-0.3, -0.25) is 9.78 Å². The zero-order valence-electron chi connectivity index (χ0n) is 15.1. The molecule has 1 aromatic heterocycles. The van der Waals surface area contributed by atoms with Crippen LogP contribution >= 0.6 is 24.8 Å². The van der Waals surface area contributed by atoms with Gasteiger partial charge in [-0.25, -0.2) is 0 Å². The first-order valence-corrected chi connectivity index (χ1v) is 8.48. The summed E-state index contributed by atoms with van der Waals surface area (Å²) in [6.07, 6.45) is 1.31. The Bertz CT molecular complexity index is 698. The maximum absolute atomic E-state index is 12.3. The number of hydrogen-bond donors (Lipinski definition) is 2. The van der Waals surface area contributed by atoms with Crippen LogP contribution in [0.15, 0.2) is 48.7 Å². The topological polar surface area (TPSA) is 72.5 Å². The summed E-state index contributed by atoms with van der Waals surface area (Å²) in [6.45, 7) is 4.25. The van der Waals surface area contributed by atoms with Gasteiger partial charge in [-0.15, -0.1) is 24.8 Å². The monoisotopic (exact) mass is 413 g/mol. The Kier molecular flexibility index (Phi) is 10.1.